The summed E-state index contributed by atoms with van der Waals surface area (Å²) in [6.45, 7) is -0.333. The number of rotatable bonds is 6. The van der Waals surface area contributed by atoms with E-state index < -0.39 is 17.9 Å². The van der Waals surface area contributed by atoms with Gasteiger partial charge < -0.3 is 14.6 Å². The molecular weight excluding hydrogens is 382 g/mol. The molecule has 2 atom stereocenters. The Hall–Kier alpha value is -3.64. The third-order valence-electron chi connectivity index (χ3n) is 5.23. The third kappa shape index (κ3) is 3.42. The Morgan fingerprint density at radius 3 is 2.20 bits per heavy atom. The molecule has 0 spiro atoms. The van der Waals surface area contributed by atoms with Crippen LogP contribution in [-0.2, 0) is 10.5 Å². The summed E-state index contributed by atoms with van der Waals surface area (Å²) < 4.78 is 10.7. The number of hydrogen-bond acceptors (Lipinski definition) is 5. The molecule has 3 aromatic rings. The zero-order chi connectivity index (χ0) is 21.1. The second-order valence-electron chi connectivity index (χ2n) is 7.00. The maximum Gasteiger partial charge on any atom is 0.413 e. The summed E-state index contributed by atoms with van der Waals surface area (Å²) in [6.07, 6.45) is -1.73. The van der Waals surface area contributed by atoms with Crippen molar-refractivity contribution < 1.29 is 24.2 Å². The maximum absolute atomic E-state index is 12.9. The summed E-state index contributed by atoms with van der Waals surface area (Å²) in [6, 6.07) is 24.4. The zero-order valence-electron chi connectivity index (χ0n) is 16.4. The van der Waals surface area contributed by atoms with Crippen LogP contribution in [0.5, 0.6) is 5.75 Å². The lowest BCUT2D eigenvalue weighted by Gasteiger charge is -2.34. The number of cyclic esters (lactones) is 1. The van der Waals surface area contributed by atoms with E-state index in [1.807, 2.05) is 12.1 Å². The predicted octanol–water partition coefficient (Wildman–Crippen LogP) is 3.92. The van der Waals surface area contributed by atoms with Crippen molar-refractivity contribution >= 4 is 11.9 Å². The summed E-state index contributed by atoms with van der Waals surface area (Å²) in [5, 5.41) is 11.8. The molecule has 6 heteroatoms. The van der Waals surface area contributed by atoms with Gasteiger partial charge >= 0.3 is 6.09 Å². The summed E-state index contributed by atoms with van der Waals surface area (Å²) >= 11 is 0. The van der Waals surface area contributed by atoms with Crippen molar-refractivity contribution in [3.05, 3.63) is 102 Å². The molecule has 0 radical (unpaired) electrons. The minimum Gasteiger partial charge on any atom is -0.497 e. The molecule has 0 aromatic heterocycles. The van der Waals surface area contributed by atoms with E-state index in [0.29, 0.717) is 22.4 Å². The summed E-state index contributed by atoms with van der Waals surface area (Å²) in [7, 11) is 1.54. The molecule has 1 heterocycles. The van der Waals surface area contributed by atoms with Gasteiger partial charge in [0.2, 0.25) is 5.72 Å². The lowest BCUT2D eigenvalue weighted by molar-refractivity contribution is -0.106. The van der Waals surface area contributed by atoms with Crippen LogP contribution in [0.1, 0.15) is 27.6 Å². The standard InChI is InChI=1S/C24H21NO5/c1-29-20-14-12-17(13-15-20)21(26)16-25-23(27)30-22(18-8-4-2-5-9-18)24(25,28)19-10-6-3-7-11-19/h2-15,22,28H,16H2,1H3. The number of aliphatic hydroxyl groups is 1. The SMILES string of the molecule is COc1ccc(C(=O)CN2C(=O)OC(c3ccccc3)C2(O)c2ccccc2)cc1. The molecule has 0 bridgehead atoms. The van der Waals surface area contributed by atoms with E-state index in [9.17, 15) is 14.7 Å². The topological polar surface area (TPSA) is 76.1 Å². The predicted molar refractivity (Wildman–Crippen MR) is 110 cm³/mol. The summed E-state index contributed by atoms with van der Waals surface area (Å²) in [4.78, 5) is 26.8. The highest BCUT2D eigenvalue weighted by molar-refractivity contribution is 5.99. The van der Waals surface area contributed by atoms with Gasteiger partial charge in [-0.05, 0) is 29.8 Å². The van der Waals surface area contributed by atoms with E-state index in [0.717, 1.165) is 4.90 Å². The van der Waals surface area contributed by atoms with Gasteiger partial charge in [0, 0.05) is 11.1 Å². The minimum absolute atomic E-state index is 0.322. The first-order valence-electron chi connectivity index (χ1n) is 9.52. The van der Waals surface area contributed by atoms with Crippen molar-refractivity contribution in [3.8, 4) is 5.75 Å². The molecule has 1 aliphatic heterocycles. The van der Waals surface area contributed by atoms with Crippen LogP contribution in [0, 0.1) is 0 Å². The van der Waals surface area contributed by atoms with E-state index in [1.165, 1.54) is 0 Å². The highest BCUT2D eigenvalue weighted by Gasteiger charge is 2.56. The molecule has 0 saturated carbocycles. The molecule has 6 nitrogen and oxygen atoms in total. The average Bonchev–Trinajstić information content (AvgIpc) is 3.06. The second kappa shape index (κ2) is 8.00. The number of methoxy groups -OCH3 is 1. The van der Waals surface area contributed by atoms with Gasteiger partial charge in [0.05, 0.1) is 13.7 Å². The molecule has 3 aromatic carbocycles. The lowest BCUT2D eigenvalue weighted by Crippen LogP contribution is -2.48. The van der Waals surface area contributed by atoms with Crippen molar-refractivity contribution in [2.45, 2.75) is 11.8 Å². The van der Waals surface area contributed by atoms with Crippen LogP contribution in [0.4, 0.5) is 4.79 Å². The second-order valence-corrected chi connectivity index (χ2v) is 7.00. The van der Waals surface area contributed by atoms with Crippen LogP contribution in [0.25, 0.3) is 0 Å². The molecule has 2 unspecified atom stereocenters. The molecule has 1 fully saturated rings. The molecule has 0 aliphatic carbocycles. The lowest BCUT2D eigenvalue weighted by atomic mass is 9.91. The van der Waals surface area contributed by atoms with Crippen LogP contribution in [0.3, 0.4) is 0 Å². The molecule has 152 valence electrons. The number of hydrogen-bond donors (Lipinski definition) is 1. The van der Waals surface area contributed by atoms with Gasteiger partial charge in [0.1, 0.15) is 5.75 Å². The van der Waals surface area contributed by atoms with Crippen molar-refractivity contribution in [2.24, 2.45) is 0 Å². The van der Waals surface area contributed by atoms with Gasteiger partial charge in [-0.25, -0.2) is 4.79 Å². The number of benzene rings is 3. The van der Waals surface area contributed by atoms with Crippen LogP contribution < -0.4 is 4.74 Å². The normalized spacial score (nSPS) is 20.7. The van der Waals surface area contributed by atoms with Crippen molar-refractivity contribution in [2.75, 3.05) is 13.7 Å². The fourth-order valence-corrected chi connectivity index (χ4v) is 3.64. The van der Waals surface area contributed by atoms with Crippen molar-refractivity contribution in [1.29, 1.82) is 0 Å². The first-order chi connectivity index (χ1) is 14.5. The fourth-order valence-electron chi connectivity index (χ4n) is 3.64. The largest absolute Gasteiger partial charge is 0.497 e. The Balaban J connectivity index is 1.71. The number of Topliss-reactive ketones (excluding diaryl/α,β-unsaturated/α-hetero) is 1. The quantitative estimate of drug-likeness (QED) is 0.632. The maximum atomic E-state index is 12.9. The van der Waals surface area contributed by atoms with Crippen LogP contribution in [0.2, 0.25) is 0 Å². The Morgan fingerprint density at radius 2 is 1.60 bits per heavy atom. The molecular formula is C24H21NO5. The smallest absolute Gasteiger partial charge is 0.413 e. The molecule has 1 amide bonds. The van der Waals surface area contributed by atoms with Crippen LogP contribution in [-0.4, -0.2) is 35.5 Å². The van der Waals surface area contributed by atoms with Gasteiger partial charge in [-0.15, -0.1) is 0 Å². The Kier molecular flexibility index (Phi) is 5.25. The number of ketones is 1. The highest BCUT2D eigenvalue weighted by atomic mass is 16.6. The average molecular weight is 403 g/mol. The number of carbonyl (C=O) groups is 2. The number of nitrogens with zero attached hydrogens (tertiary/aromatic N) is 1. The van der Waals surface area contributed by atoms with Crippen molar-refractivity contribution in [3.63, 3.8) is 0 Å². The van der Waals surface area contributed by atoms with Gasteiger partial charge in [0.25, 0.3) is 0 Å². The van der Waals surface area contributed by atoms with Gasteiger partial charge in [-0.2, -0.15) is 0 Å². The number of amides is 1. The van der Waals surface area contributed by atoms with Gasteiger partial charge in [-0.3, -0.25) is 9.69 Å². The summed E-state index contributed by atoms with van der Waals surface area (Å²) in [5.74, 6) is 0.301. The van der Waals surface area contributed by atoms with Crippen LogP contribution in [0.15, 0.2) is 84.9 Å². The summed E-state index contributed by atoms with van der Waals surface area (Å²) in [5.41, 5.74) is -0.326. The van der Waals surface area contributed by atoms with Gasteiger partial charge in [-0.1, -0.05) is 60.7 Å². The highest BCUT2D eigenvalue weighted by Crippen LogP contribution is 2.46. The van der Waals surface area contributed by atoms with Gasteiger partial charge in [0.15, 0.2) is 11.9 Å². The Bertz CT molecular complexity index is 1040. The third-order valence-corrected chi connectivity index (χ3v) is 5.23. The molecule has 1 N–H and O–H groups in total. The minimum atomic E-state index is -1.83. The van der Waals surface area contributed by atoms with E-state index in [-0.39, 0.29) is 12.3 Å². The van der Waals surface area contributed by atoms with Crippen LogP contribution >= 0.6 is 0 Å². The number of ether oxygens (including phenoxy) is 2. The fraction of sp³-hybridized carbons (Fsp3) is 0.167. The Labute approximate surface area is 174 Å². The molecule has 30 heavy (non-hydrogen) atoms. The number of carbonyl (C=O) groups excluding carboxylic acids is 2. The van der Waals surface area contributed by atoms with E-state index in [2.05, 4.69) is 0 Å². The Morgan fingerprint density at radius 1 is 1.00 bits per heavy atom. The van der Waals surface area contributed by atoms with E-state index in [4.69, 9.17) is 9.47 Å². The molecule has 4 rings (SSSR count). The zero-order valence-corrected chi connectivity index (χ0v) is 16.4. The first kappa shape index (κ1) is 19.7. The first-order valence-corrected chi connectivity index (χ1v) is 9.52. The molecule has 1 aliphatic rings. The molecule has 1 saturated heterocycles. The van der Waals surface area contributed by atoms with E-state index in [1.54, 1.807) is 79.9 Å². The van der Waals surface area contributed by atoms with Crippen molar-refractivity contribution in [1.82, 2.24) is 4.90 Å². The monoisotopic (exact) mass is 403 g/mol. The van der Waals surface area contributed by atoms with E-state index >= 15 is 0 Å².